The summed E-state index contributed by atoms with van der Waals surface area (Å²) in [7, 11) is 1.65. The number of hydrogen-bond acceptors (Lipinski definition) is 4. The van der Waals surface area contributed by atoms with E-state index in [0.29, 0.717) is 29.5 Å². The Morgan fingerprint density at radius 3 is 2.73 bits per heavy atom. The van der Waals surface area contributed by atoms with Crippen LogP contribution in [0.4, 0.5) is 5.69 Å². The second-order valence-electron chi connectivity index (χ2n) is 8.27. The Balaban J connectivity index is 1.68. The highest BCUT2D eigenvalue weighted by molar-refractivity contribution is 6.31. The fraction of sp³-hybridized carbons (Fsp3) is 0.240. The summed E-state index contributed by atoms with van der Waals surface area (Å²) >= 11 is 6.30. The van der Waals surface area contributed by atoms with E-state index in [-0.39, 0.29) is 11.5 Å². The van der Waals surface area contributed by atoms with Crippen LogP contribution >= 0.6 is 11.6 Å². The predicted molar refractivity (Wildman–Crippen MR) is 137 cm³/mol. The molecule has 4 aromatic rings. The van der Waals surface area contributed by atoms with Gasteiger partial charge in [0.2, 0.25) is 0 Å². The molecule has 1 unspecified atom stereocenters. The van der Waals surface area contributed by atoms with Crippen LogP contribution < -0.4 is 16.6 Å². The molecule has 2 heterocycles. The van der Waals surface area contributed by atoms with E-state index in [0.717, 1.165) is 38.3 Å². The Labute approximate surface area is 197 Å². The molecule has 2 aromatic carbocycles. The van der Waals surface area contributed by atoms with Gasteiger partial charge in [-0.1, -0.05) is 30.7 Å². The number of hydrogen-bond donors (Lipinski definition) is 4. The van der Waals surface area contributed by atoms with Gasteiger partial charge in [-0.3, -0.25) is 9.79 Å². The monoisotopic (exact) mass is 462 g/mol. The lowest BCUT2D eigenvalue weighted by Gasteiger charge is -2.16. The SMILES string of the molecule is CN=C(N)c1cc(C)c2nc(-c3c(NCC(C)c4ccc(C)c(Cl)c4)cc[nH]c3=O)[nH]c2c1. The lowest BCUT2D eigenvalue weighted by atomic mass is 9.99. The molecule has 0 saturated carbocycles. The molecule has 7 nitrogen and oxygen atoms in total. The zero-order valence-corrected chi connectivity index (χ0v) is 19.8. The van der Waals surface area contributed by atoms with Crippen molar-refractivity contribution >= 4 is 34.2 Å². The fourth-order valence-corrected chi connectivity index (χ4v) is 4.03. The van der Waals surface area contributed by atoms with Crippen molar-refractivity contribution in [1.29, 1.82) is 0 Å². The minimum atomic E-state index is -0.224. The standard InChI is InChI=1S/C25H27ClN6O/c1-13-5-6-16(10-18(13)26)15(3)12-30-19-7-8-29-25(33)21(19)24-31-20-11-17(23(27)28-4)9-14(2)22(20)32-24/h5-11,15H,12H2,1-4H3,(H2,27,28)(H,31,32)(H2,29,30,33). The summed E-state index contributed by atoms with van der Waals surface area (Å²) in [6, 6.07) is 11.8. The number of nitrogens with two attached hydrogens (primary N) is 1. The van der Waals surface area contributed by atoms with Crippen LogP contribution in [0.1, 0.15) is 35.1 Å². The average Bonchev–Trinajstić information content (AvgIpc) is 3.23. The molecule has 4 rings (SSSR count). The molecule has 0 bridgehead atoms. The Morgan fingerprint density at radius 1 is 1.21 bits per heavy atom. The van der Waals surface area contributed by atoms with E-state index in [2.05, 4.69) is 33.3 Å². The van der Waals surface area contributed by atoms with Gasteiger partial charge in [0.25, 0.3) is 5.56 Å². The van der Waals surface area contributed by atoms with Crippen LogP contribution in [-0.2, 0) is 0 Å². The molecule has 0 aliphatic carbocycles. The number of aryl methyl sites for hydroxylation is 2. The Hall–Kier alpha value is -3.58. The number of benzene rings is 2. The molecule has 5 N–H and O–H groups in total. The van der Waals surface area contributed by atoms with Gasteiger partial charge in [0, 0.05) is 30.4 Å². The third-order valence-electron chi connectivity index (χ3n) is 5.88. The molecule has 170 valence electrons. The van der Waals surface area contributed by atoms with Crippen molar-refractivity contribution in [3.63, 3.8) is 0 Å². The number of pyridine rings is 1. The number of imidazole rings is 1. The summed E-state index contributed by atoms with van der Waals surface area (Å²) in [5.74, 6) is 1.13. The Kier molecular flexibility index (Phi) is 6.24. The predicted octanol–water partition coefficient (Wildman–Crippen LogP) is 4.74. The van der Waals surface area contributed by atoms with E-state index >= 15 is 0 Å². The number of aromatic nitrogens is 3. The number of halogens is 1. The molecule has 0 saturated heterocycles. The Morgan fingerprint density at radius 2 is 2.00 bits per heavy atom. The number of aliphatic imine (C=N–C) groups is 1. The van der Waals surface area contributed by atoms with Gasteiger partial charge in [0.05, 0.1) is 16.7 Å². The molecule has 0 spiro atoms. The normalized spacial score (nSPS) is 12.8. The van der Waals surface area contributed by atoms with Gasteiger partial charge in [-0.15, -0.1) is 0 Å². The van der Waals surface area contributed by atoms with Gasteiger partial charge in [-0.05, 0) is 60.7 Å². The molecule has 0 aliphatic heterocycles. The van der Waals surface area contributed by atoms with Gasteiger partial charge >= 0.3 is 0 Å². The third-order valence-corrected chi connectivity index (χ3v) is 6.28. The summed E-state index contributed by atoms with van der Waals surface area (Å²) < 4.78 is 0. The first kappa shape index (κ1) is 22.6. The molecular formula is C25H27ClN6O. The maximum absolute atomic E-state index is 12.8. The van der Waals surface area contributed by atoms with Gasteiger partial charge in [-0.25, -0.2) is 4.98 Å². The van der Waals surface area contributed by atoms with Gasteiger partial charge < -0.3 is 21.0 Å². The summed E-state index contributed by atoms with van der Waals surface area (Å²) in [6.45, 7) is 6.69. The number of fused-ring (bicyclic) bond motifs is 1. The molecule has 1 atom stereocenters. The van der Waals surface area contributed by atoms with Crippen LogP contribution in [0.2, 0.25) is 5.02 Å². The number of nitrogens with one attached hydrogen (secondary N) is 3. The van der Waals surface area contributed by atoms with E-state index in [1.807, 2.05) is 44.2 Å². The van der Waals surface area contributed by atoms with Crippen LogP contribution in [0.5, 0.6) is 0 Å². The molecule has 0 aliphatic rings. The number of nitrogens with zero attached hydrogens (tertiary/aromatic N) is 2. The minimum Gasteiger partial charge on any atom is -0.384 e. The third kappa shape index (κ3) is 4.50. The average molecular weight is 463 g/mol. The van der Waals surface area contributed by atoms with Crippen LogP contribution in [0, 0.1) is 13.8 Å². The number of anilines is 1. The van der Waals surface area contributed by atoms with Crippen molar-refractivity contribution in [2.45, 2.75) is 26.7 Å². The minimum absolute atomic E-state index is 0.187. The highest BCUT2D eigenvalue weighted by Gasteiger charge is 2.17. The van der Waals surface area contributed by atoms with Gasteiger partial charge in [-0.2, -0.15) is 0 Å². The van der Waals surface area contributed by atoms with Crippen LogP contribution in [0.25, 0.3) is 22.4 Å². The van der Waals surface area contributed by atoms with E-state index in [4.69, 9.17) is 22.3 Å². The number of amidine groups is 1. The maximum atomic E-state index is 12.8. The second kappa shape index (κ2) is 9.11. The first-order valence-electron chi connectivity index (χ1n) is 10.7. The van der Waals surface area contributed by atoms with Gasteiger partial charge in [0.1, 0.15) is 17.2 Å². The molecule has 0 fully saturated rings. The van der Waals surface area contributed by atoms with Crippen LogP contribution in [0.3, 0.4) is 0 Å². The van der Waals surface area contributed by atoms with E-state index in [1.165, 1.54) is 0 Å². The first-order valence-corrected chi connectivity index (χ1v) is 11.1. The van der Waals surface area contributed by atoms with Crippen molar-refractivity contribution in [3.8, 4) is 11.4 Å². The number of H-pyrrole nitrogens is 2. The second-order valence-corrected chi connectivity index (χ2v) is 8.68. The fourth-order valence-electron chi connectivity index (χ4n) is 3.84. The van der Waals surface area contributed by atoms with Crippen LogP contribution in [-0.4, -0.2) is 34.4 Å². The molecule has 0 amide bonds. The van der Waals surface area contributed by atoms with E-state index in [9.17, 15) is 4.79 Å². The highest BCUT2D eigenvalue weighted by Crippen LogP contribution is 2.28. The first-order chi connectivity index (χ1) is 15.8. The summed E-state index contributed by atoms with van der Waals surface area (Å²) in [4.78, 5) is 27.6. The zero-order valence-electron chi connectivity index (χ0n) is 19.1. The van der Waals surface area contributed by atoms with E-state index in [1.54, 1.807) is 13.2 Å². The Bertz CT molecular complexity index is 1420. The largest absolute Gasteiger partial charge is 0.384 e. The topological polar surface area (TPSA) is 112 Å². The number of aromatic amines is 2. The van der Waals surface area contributed by atoms with E-state index < -0.39 is 0 Å². The summed E-state index contributed by atoms with van der Waals surface area (Å²) in [5.41, 5.74) is 12.5. The molecule has 33 heavy (non-hydrogen) atoms. The molecule has 2 aromatic heterocycles. The highest BCUT2D eigenvalue weighted by atomic mass is 35.5. The lowest BCUT2D eigenvalue weighted by molar-refractivity contribution is 0.804. The molecule has 8 heteroatoms. The smallest absolute Gasteiger partial charge is 0.261 e. The van der Waals surface area contributed by atoms with Crippen molar-refractivity contribution in [2.75, 3.05) is 18.9 Å². The lowest BCUT2D eigenvalue weighted by Crippen LogP contribution is -2.16. The summed E-state index contributed by atoms with van der Waals surface area (Å²) in [5, 5.41) is 4.17. The molecule has 0 radical (unpaired) electrons. The van der Waals surface area contributed by atoms with Gasteiger partial charge in [0.15, 0.2) is 0 Å². The van der Waals surface area contributed by atoms with Crippen molar-refractivity contribution in [3.05, 3.63) is 80.2 Å². The van der Waals surface area contributed by atoms with Crippen molar-refractivity contribution in [2.24, 2.45) is 10.7 Å². The van der Waals surface area contributed by atoms with Crippen molar-refractivity contribution < 1.29 is 0 Å². The zero-order chi connectivity index (χ0) is 23.7. The van der Waals surface area contributed by atoms with Crippen molar-refractivity contribution in [1.82, 2.24) is 15.0 Å². The maximum Gasteiger partial charge on any atom is 0.261 e. The summed E-state index contributed by atoms with van der Waals surface area (Å²) in [6.07, 6.45) is 1.63. The number of rotatable bonds is 6. The van der Waals surface area contributed by atoms with Crippen LogP contribution in [0.15, 0.2) is 52.4 Å². The molecular weight excluding hydrogens is 436 g/mol. The quantitative estimate of drug-likeness (QED) is 0.245.